The van der Waals surface area contributed by atoms with Crippen LogP contribution in [0.25, 0.3) is 0 Å². The Morgan fingerprint density at radius 1 is 1.00 bits per heavy atom. The van der Waals surface area contributed by atoms with Crippen LogP contribution in [0.15, 0.2) is 42.5 Å². The van der Waals surface area contributed by atoms with Crippen LogP contribution >= 0.6 is 11.6 Å². The van der Waals surface area contributed by atoms with E-state index in [1.54, 1.807) is 43.3 Å². The summed E-state index contributed by atoms with van der Waals surface area (Å²) in [7, 11) is 1.53. The highest BCUT2D eigenvalue weighted by Gasteiger charge is 2.15. The zero-order valence-electron chi connectivity index (χ0n) is 16.5. The molecule has 0 radical (unpaired) electrons. The van der Waals surface area contributed by atoms with E-state index in [1.807, 2.05) is 13.0 Å². The third-order valence-corrected chi connectivity index (χ3v) is 4.60. The molecule has 2 rings (SSSR count). The quantitative estimate of drug-likeness (QED) is 0.601. The minimum absolute atomic E-state index is 0.0883. The number of nitrogens with one attached hydrogen (secondary N) is 3. The third kappa shape index (κ3) is 7.12. The van der Waals surface area contributed by atoms with Gasteiger partial charge in [-0.3, -0.25) is 25.2 Å². The van der Waals surface area contributed by atoms with Gasteiger partial charge in [-0.05, 0) is 54.8 Å². The van der Waals surface area contributed by atoms with Crippen LogP contribution in [0.5, 0.6) is 5.75 Å². The number of carbonyl (C=O) groups excluding carboxylic acids is 3. The molecule has 7 nitrogen and oxygen atoms in total. The summed E-state index contributed by atoms with van der Waals surface area (Å²) in [5, 5.41) is 3.33. The summed E-state index contributed by atoms with van der Waals surface area (Å²) in [6.07, 6.45) is 0.246. The van der Waals surface area contributed by atoms with Crippen molar-refractivity contribution < 1.29 is 19.1 Å². The number of ether oxygens (including phenoxy) is 1. The number of methoxy groups -OCH3 is 1. The zero-order chi connectivity index (χ0) is 21.4. The Morgan fingerprint density at radius 2 is 1.66 bits per heavy atom. The number of benzene rings is 2. The standard InChI is InChI=1S/C21H24ClN3O4/c1-13(10-19(26)23-16-7-4-14(2)18(22)12-16)11-20(27)24-25-21(28)15-5-8-17(29-3)9-6-15/h4-9,12-13H,10-11H2,1-3H3,(H,23,26)(H,24,27)(H,25,28)/t13-/m1/s1. The molecule has 0 bridgehead atoms. The van der Waals surface area contributed by atoms with E-state index in [4.69, 9.17) is 16.3 Å². The van der Waals surface area contributed by atoms with E-state index in [9.17, 15) is 14.4 Å². The van der Waals surface area contributed by atoms with Crippen molar-refractivity contribution in [2.75, 3.05) is 12.4 Å². The third-order valence-electron chi connectivity index (χ3n) is 4.19. The number of amides is 3. The maximum Gasteiger partial charge on any atom is 0.269 e. The lowest BCUT2D eigenvalue weighted by Crippen LogP contribution is -2.42. The maximum atomic E-state index is 12.1. The van der Waals surface area contributed by atoms with Crippen LogP contribution in [0.4, 0.5) is 5.69 Å². The van der Waals surface area contributed by atoms with Crippen molar-refractivity contribution in [3.8, 4) is 5.75 Å². The van der Waals surface area contributed by atoms with E-state index in [2.05, 4.69) is 16.2 Å². The van der Waals surface area contributed by atoms with E-state index in [-0.39, 0.29) is 30.6 Å². The van der Waals surface area contributed by atoms with Gasteiger partial charge in [0.05, 0.1) is 7.11 Å². The minimum atomic E-state index is -0.442. The van der Waals surface area contributed by atoms with Crippen LogP contribution < -0.4 is 20.9 Å². The molecule has 0 spiro atoms. The first-order valence-electron chi connectivity index (χ1n) is 9.07. The highest BCUT2D eigenvalue weighted by atomic mass is 35.5. The Bertz CT molecular complexity index is 884. The summed E-state index contributed by atoms with van der Waals surface area (Å²) in [5.74, 6) is -0.625. The predicted octanol–water partition coefficient (Wildman–Crippen LogP) is 3.47. The second kappa shape index (κ2) is 10.5. The van der Waals surface area contributed by atoms with Crippen molar-refractivity contribution in [3.63, 3.8) is 0 Å². The zero-order valence-corrected chi connectivity index (χ0v) is 17.3. The van der Waals surface area contributed by atoms with Crippen LogP contribution in [0.3, 0.4) is 0 Å². The molecule has 3 amide bonds. The fraction of sp³-hybridized carbons (Fsp3) is 0.286. The molecule has 154 valence electrons. The van der Waals surface area contributed by atoms with Crippen LogP contribution in [0, 0.1) is 12.8 Å². The summed E-state index contributed by atoms with van der Waals surface area (Å²) < 4.78 is 5.03. The molecule has 0 heterocycles. The van der Waals surface area contributed by atoms with Gasteiger partial charge in [0.1, 0.15) is 5.75 Å². The normalized spacial score (nSPS) is 11.3. The van der Waals surface area contributed by atoms with E-state index in [1.165, 1.54) is 7.11 Å². The lowest BCUT2D eigenvalue weighted by atomic mass is 10.0. The fourth-order valence-corrected chi connectivity index (χ4v) is 2.76. The lowest BCUT2D eigenvalue weighted by molar-refractivity contribution is -0.123. The van der Waals surface area contributed by atoms with Gasteiger partial charge >= 0.3 is 0 Å². The highest BCUT2D eigenvalue weighted by Crippen LogP contribution is 2.20. The van der Waals surface area contributed by atoms with Crippen LogP contribution in [-0.2, 0) is 9.59 Å². The summed E-state index contributed by atoms with van der Waals surface area (Å²) in [5.41, 5.74) is 6.62. The molecular formula is C21H24ClN3O4. The molecule has 0 saturated heterocycles. The van der Waals surface area contributed by atoms with E-state index in [0.717, 1.165) is 5.56 Å². The molecule has 0 saturated carbocycles. The van der Waals surface area contributed by atoms with Crippen LogP contribution in [0.1, 0.15) is 35.7 Å². The largest absolute Gasteiger partial charge is 0.497 e. The fourth-order valence-electron chi connectivity index (χ4n) is 2.58. The molecule has 0 aliphatic rings. The molecule has 0 aliphatic carbocycles. The molecule has 0 unspecified atom stereocenters. The molecular weight excluding hydrogens is 394 g/mol. The van der Waals surface area contributed by atoms with Crippen molar-refractivity contribution in [1.82, 2.24) is 10.9 Å². The van der Waals surface area contributed by atoms with Gasteiger partial charge in [0, 0.05) is 29.1 Å². The molecule has 2 aromatic carbocycles. The van der Waals surface area contributed by atoms with E-state index >= 15 is 0 Å². The monoisotopic (exact) mass is 417 g/mol. The molecule has 3 N–H and O–H groups in total. The Balaban J connectivity index is 1.75. The van der Waals surface area contributed by atoms with Crippen molar-refractivity contribution in [2.24, 2.45) is 5.92 Å². The average molecular weight is 418 g/mol. The summed E-state index contributed by atoms with van der Waals surface area (Å²) in [6.45, 7) is 3.66. The van der Waals surface area contributed by atoms with Gasteiger partial charge in [0.25, 0.3) is 5.91 Å². The minimum Gasteiger partial charge on any atom is -0.497 e. The van der Waals surface area contributed by atoms with Crippen molar-refractivity contribution in [3.05, 3.63) is 58.6 Å². The Labute approximate surface area is 174 Å². The molecule has 1 atom stereocenters. The molecule has 29 heavy (non-hydrogen) atoms. The van der Waals surface area contributed by atoms with Crippen molar-refractivity contribution in [2.45, 2.75) is 26.7 Å². The molecule has 2 aromatic rings. The Hall–Kier alpha value is -3.06. The summed E-state index contributed by atoms with van der Waals surface area (Å²) in [4.78, 5) is 36.2. The average Bonchev–Trinajstić information content (AvgIpc) is 2.68. The lowest BCUT2D eigenvalue weighted by Gasteiger charge is -2.13. The predicted molar refractivity (Wildman–Crippen MR) is 112 cm³/mol. The number of aryl methyl sites for hydroxylation is 1. The van der Waals surface area contributed by atoms with Gasteiger partial charge in [-0.25, -0.2) is 0 Å². The number of anilines is 1. The SMILES string of the molecule is COc1ccc(C(=O)NNC(=O)C[C@H](C)CC(=O)Nc2ccc(C)c(Cl)c2)cc1. The molecule has 8 heteroatoms. The second-order valence-corrected chi connectivity index (χ2v) is 7.16. The number of hydrazine groups is 1. The Kier molecular flexibility index (Phi) is 8.03. The van der Waals surface area contributed by atoms with Gasteiger partial charge in [0.15, 0.2) is 0 Å². The van der Waals surface area contributed by atoms with Gasteiger partial charge in [0.2, 0.25) is 11.8 Å². The molecule has 0 fully saturated rings. The van der Waals surface area contributed by atoms with Crippen LogP contribution in [-0.4, -0.2) is 24.8 Å². The Morgan fingerprint density at radius 3 is 2.28 bits per heavy atom. The molecule has 0 aromatic heterocycles. The number of hydrogen-bond donors (Lipinski definition) is 3. The summed E-state index contributed by atoms with van der Waals surface area (Å²) >= 11 is 6.05. The number of carbonyl (C=O) groups is 3. The van der Waals surface area contributed by atoms with Crippen molar-refractivity contribution in [1.29, 1.82) is 0 Å². The second-order valence-electron chi connectivity index (χ2n) is 6.76. The number of hydrogen-bond acceptors (Lipinski definition) is 4. The number of halogens is 1. The maximum absolute atomic E-state index is 12.1. The first kappa shape index (κ1) is 22.2. The first-order valence-corrected chi connectivity index (χ1v) is 9.45. The first-order chi connectivity index (χ1) is 13.8. The number of rotatable bonds is 7. The highest BCUT2D eigenvalue weighted by molar-refractivity contribution is 6.31. The van der Waals surface area contributed by atoms with Gasteiger partial charge < -0.3 is 10.1 Å². The topological polar surface area (TPSA) is 96.5 Å². The van der Waals surface area contributed by atoms with Gasteiger partial charge in [-0.15, -0.1) is 0 Å². The molecule has 0 aliphatic heterocycles. The van der Waals surface area contributed by atoms with Crippen LogP contribution in [0.2, 0.25) is 5.02 Å². The smallest absolute Gasteiger partial charge is 0.269 e. The summed E-state index contributed by atoms with van der Waals surface area (Å²) in [6, 6.07) is 11.7. The van der Waals surface area contributed by atoms with Gasteiger partial charge in [-0.1, -0.05) is 24.6 Å². The van der Waals surface area contributed by atoms with E-state index < -0.39 is 5.91 Å². The van der Waals surface area contributed by atoms with Gasteiger partial charge in [-0.2, -0.15) is 0 Å². The van der Waals surface area contributed by atoms with E-state index in [0.29, 0.717) is 22.0 Å². The van der Waals surface area contributed by atoms with Crippen molar-refractivity contribution >= 4 is 35.0 Å².